The number of carboxylic acid groups (broad SMARTS) is 1. The van der Waals surface area contributed by atoms with E-state index < -0.39 is 12.0 Å². The van der Waals surface area contributed by atoms with Crippen molar-refractivity contribution in [3.63, 3.8) is 0 Å². The number of rotatable bonds is 9. The van der Waals surface area contributed by atoms with Crippen molar-refractivity contribution >= 4 is 11.9 Å². The Morgan fingerprint density at radius 2 is 1.75 bits per heavy atom. The van der Waals surface area contributed by atoms with Crippen molar-refractivity contribution in [3.8, 4) is 11.5 Å². The lowest BCUT2D eigenvalue weighted by Gasteiger charge is -2.19. The molecule has 1 amide bonds. The van der Waals surface area contributed by atoms with Crippen molar-refractivity contribution in [2.24, 2.45) is 11.8 Å². The molecule has 0 spiro atoms. The summed E-state index contributed by atoms with van der Waals surface area (Å²) in [5.41, 5.74) is 0.922. The number of carbonyl (C=O) groups excluding carboxylic acids is 1. The SMILES string of the molecule is COc1ccc(CC(C)C(=O)N[C@H](CC(C)C)C(=O)O)cc1OC. The molecule has 134 valence electrons. The van der Waals surface area contributed by atoms with Crippen LogP contribution in [0.25, 0.3) is 0 Å². The molecule has 0 aliphatic heterocycles. The monoisotopic (exact) mass is 337 g/mol. The summed E-state index contributed by atoms with van der Waals surface area (Å²) in [6.45, 7) is 5.63. The molecule has 1 aromatic carbocycles. The third-order valence-electron chi connectivity index (χ3n) is 3.76. The first-order chi connectivity index (χ1) is 11.3. The van der Waals surface area contributed by atoms with E-state index in [1.807, 2.05) is 26.0 Å². The molecule has 0 radical (unpaired) electrons. The molecular weight excluding hydrogens is 310 g/mol. The van der Waals surface area contributed by atoms with Crippen LogP contribution in [0.1, 0.15) is 32.8 Å². The Balaban J connectivity index is 2.74. The number of amides is 1. The van der Waals surface area contributed by atoms with Crippen molar-refractivity contribution < 1.29 is 24.2 Å². The summed E-state index contributed by atoms with van der Waals surface area (Å²) >= 11 is 0. The summed E-state index contributed by atoms with van der Waals surface area (Å²) in [6.07, 6.45) is 0.893. The molecular formula is C18H27NO5. The van der Waals surface area contributed by atoms with E-state index in [4.69, 9.17) is 9.47 Å². The van der Waals surface area contributed by atoms with Gasteiger partial charge < -0.3 is 19.9 Å². The Morgan fingerprint density at radius 3 is 2.25 bits per heavy atom. The highest BCUT2D eigenvalue weighted by atomic mass is 16.5. The van der Waals surface area contributed by atoms with Gasteiger partial charge in [0.2, 0.25) is 5.91 Å². The molecule has 0 saturated heterocycles. The van der Waals surface area contributed by atoms with Gasteiger partial charge in [0.05, 0.1) is 14.2 Å². The highest BCUT2D eigenvalue weighted by molar-refractivity contribution is 5.84. The van der Waals surface area contributed by atoms with Gasteiger partial charge in [-0.2, -0.15) is 0 Å². The van der Waals surface area contributed by atoms with E-state index in [9.17, 15) is 14.7 Å². The number of aliphatic carboxylic acids is 1. The second-order valence-electron chi connectivity index (χ2n) is 6.32. The topological polar surface area (TPSA) is 84.9 Å². The van der Waals surface area contributed by atoms with Gasteiger partial charge in [-0.05, 0) is 36.5 Å². The molecule has 6 heteroatoms. The van der Waals surface area contributed by atoms with Crippen LogP contribution in [0.4, 0.5) is 0 Å². The quantitative estimate of drug-likeness (QED) is 0.723. The Hall–Kier alpha value is -2.24. The molecule has 6 nitrogen and oxygen atoms in total. The Morgan fingerprint density at radius 1 is 1.12 bits per heavy atom. The summed E-state index contributed by atoms with van der Waals surface area (Å²) in [5.74, 6) is -0.204. The van der Waals surface area contributed by atoms with Crippen molar-refractivity contribution in [3.05, 3.63) is 23.8 Å². The fourth-order valence-electron chi connectivity index (χ4n) is 2.46. The molecule has 1 rings (SSSR count). The second kappa shape index (κ2) is 9.15. The Labute approximate surface area is 143 Å². The minimum atomic E-state index is -1.00. The van der Waals surface area contributed by atoms with Gasteiger partial charge in [-0.15, -0.1) is 0 Å². The van der Waals surface area contributed by atoms with E-state index in [0.717, 1.165) is 5.56 Å². The lowest BCUT2D eigenvalue weighted by atomic mass is 9.98. The summed E-state index contributed by atoms with van der Waals surface area (Å²) in [7, 11) is 3.12. The number of ether oxygens (including phenoxy) is 2. The molecule has 0 bridgehead atoms. The fourth-order valence-corrected chi connectivity index (χ4v) is 2.46. The molecule has 0 fully saturated rings. The van der Waals surface area contributed by atoms with Gasteiger partial charge in [-0.1, -0.05) is 26.8 Å². The number of hydrogen-bond acceptors (Lipinski definition) is 4. The molecule has 24 heavy (non-hydrogen) atoms. The lowest BCUT2D eigenvalue weighted by molar-refractivity contribution is -0.142. The fraction of sp³-hybridized carbons (Fsp3) is 0.556. The van der Waals surface area contributed by atoms with Crippen LogP contribution in [0.5, 0.6) is 11.5 Å². The van der Waals surface area contributed by atoms with Crippen molar-refractivity contribution in [2.45, 2.75) is 39.7 Å². The highest BCUT2D eigenvalue weighted by Crippen LogP contribution is 2.28. The molecule has 0 heterocycles. The zero-order valence-corrected chi connectivity index (χ0v) is 15.0. The third kappa shape index (κ3) is 5.76. The lowest BCUT2D eigenvalue weighted by Crippen LogP contribution is -2.44. The first kappa shape index (κ1) is 19.8. The van der Waals surface area contributed by atoms with E-state index in [1.165, 1.54) is 0 Å². The van der Waals surface area contributed by atoms with Crippen LogP contribution in [0, 0.1) is 11.8 Å². The second-order valence-corrected chi connectivity index (χ2v) is 6.32. The minimum absolute atomic E-state index is 0.188. The Kier molecular flexibility index (Phi) is 7.55. The standard InChI is InChI=1S/C18H27NO5/c1-11(2)8-14(18(21)22)19-17(20)12(3)9-13-6-7-15(23-4)16(10-13)24-5/h6-7,10-12,14H,8-9H2,1-5H3,(H,19,20)(H,21,22)/t12?,14-/m1/s1. The zero-order valence-electron chi connectivity index (χ0n) is 15.0. The first-order valence-electron chi connectivity index (χ1n) is 8.02. The van der Waals surface area contributed by atoms with Gasteiger partial charge in [0.1, 0.15) is 6.04 Å². The number of carbonyl (C=O) groups is 2. The molecule has 0 aliphatic rings. The largest absolute Gasteiger partial charge is 0.493 e. The number of methoxy groups -OCH3 is 2. The van der Waals surface area contributed by atoms with E-state index in [-0.39, 0.29) is 17.7 Å². The summed E-state index contributed by atoms with van der Waals surface area (Å²) in [6, 6.07) is 4.63. The number of carboxylic acids is 1. The maximum atomic E-state index is 12.3. The summed E-state index contributed by atoms with van der Waals surface area (Å²) < 4.78 is 10.4. The molecule has 0 aliphatic carbocycles. The van der Waals surface area contributed by atoms with Gasteiger partial charge in [0.25, 0.3) is 0 Å². The number of hydrogen-bond donors (Lipinski definition) is 2. The van der Waals surface area contributed by atoms with Crippen molar-refractivity contribution in [1.82, 2.24) is 5.32 Å². The number of nitrogens with one attached hydrogen (secondary N) is 1. The first-order valence-corrected chi connectivity index (χ1v) is 8.02. The molecule has 1 unspecified atom stereocenters. The smallest absolute Gasteiger partial charge is 0.326 e. The van der Waals surface area contributed by atoms with Crippen LogP contribution in [-0.2, 0) is 16.0 Å². The van der Waals surface area contributed by atoms with Gasteiger partial charge in [-0.25, -0.2) is 4.79 Å². The average Bonchev–Trinajstić information content (AvgIpc) is 2.53. The van der Waals surface area contributed by atoms with Crippen LogP contribution in [0.3, 0.4) is 0 Å². The van der Waals surface area contributed by atoms with Crippen LogP contribution in [0.15, 0.2) is 18.2 Å². The number of benzene rings is 1. The molecule has 2 N–H and O–H groups in total. The van der Waals surface area contributed by atoms with Gasteiger partial charge >= 0.3 is 5.97 Å². The van der Waals surface area contributed by atoms with E-state index in [2.05, 4.69) is 5.32 Å². The molecule has 0 aromatic heterocycles. The average molecular weight is 337 g/mol. The van der Waals surface area contributed by atoms with E-state index >= 15 is 0 Å². The van der Waals surface area contributed by atoms with Gasteiger partial charge in [0, 0.05) is 5.92 Å². The normalized spacial score (nSPS) is 13.2. The van der Waals surface area contributed by atoms with Crippen LogP contribution >= 0.6 is 0 Å². The van der Waals surface area contributed by atoms with E-state index in [1.54, 1.807) is 27.2 Å². The molecule has 0 saturated carbocycles. The van der Waals surface area contributed by atoms with Crippen LogP contribution < -0.4 is 14.8 Å². The maximum Gasteiger partial charge on any atom is 0.326 e. The minimum Gasteiger partial charge on any atom is -0.493 e. The van der Waals surface area contributed by atoms with E-state index in [0.29, 0.717) is 24.3 Å². The van der Waals surface area contributed by atoms with Gasteiger partial charge in [0.15, 0.2) is 11.5 Å². The summed E-state index contributed by atoms with van der Waals surface area (Å²) in [5, 5.41) is 11.8. The van der Waals surface area contributed by atoms with Crippen LogP contribution in [-0.4, -0.2) is 37.2 Å². The maximum absolute atomic E-state index is 12.3. The summed E-state index contributed by atoms with van der Waals surface area (Å²) in [4.78, 5) is 23.6. The molecule has 1 aromatic rings. The van der Waals surface area contributed by atoms with Crippen molar-refractivity contribution in [1.29, 1.82) is 0 Å². The van der Waals surface area contributed by atoms with Crippen molar-refractivity contribution in [2.75, 3.05) is 14.2 Å². The predicted octanol–water partition coefficient (Wildman–Crippen LogP) is 2.50. The molecule has 2 atom stereocenters. The Bertz CT molecular complexity index is 571. The third-order valence-corrected chi connectivity index (χ3v) is 3.76. The van der Waals surface area contributed by atoms with Crippen LogP contribution in [0.2, 0.25) is 0 Å². The highest BCUT2D eigenvalue weighted by Gasteiger charge is 2.24. The zero-order chi connectivity index (χ0) is 18.3. The predicted molar refractivity (Wildman–Crippen MR) is 91.4 cm³/mol. The van der Waals surface area contributed by atoms with Gasteiger partial charge in [-0.3, -0.25) is 4.79 Å².